The van der Waals surface area contributed by atoms with E-state index in [1.807, 2.05) is 29.6 Å². The van der Waals surface area contributed by atoms with E-state index in [4.69, 9.17) is 4.42 Å². The predicted molar refractivity (Wildman–Crippen MR) is 91.3 cm³/mol. The molecule has 0 N–H and O–H groups in total. The third-order valence-electron chi connectivity index (χ3n) is 4.46. The largest absolute Gasteiger partial charge is 0.420 e. The Bertz CT molecular complexity index is 794. The number of piperidine rings is 1. The maximum absolute atomic E-state index is 13.8. The van der Waals surface area contributed by atoms with Crippen molar-refractivity contribution in [3.05, 3.63) is 59.0 Å². The fourth-order valence-electron chi connectivity index (χ4n) is 3.10. The van der Waals surface area contributed by atoms with E-state index in [9.17, 15) is 4.39 Å². The molecule has 1 saturated heterocycles. The Kier molecular flexibility index (Phi) is 4.40. The summed E-state index contributed by atoms with van der Waals surface area (Å²) in [6, 6.07) is 10.9. The second-order valence-electron chi connectivity index (χ2n) is 6.06. The van der Waals surface area contributed by atoms with Crippen LogP contribution in [0, 0.1) is 5.82 Å². The van der Waals surface area contributed by atoms with Crippen LogP contribution in [0.2, 0.25) is 0 Å². The molecule has 1 aromatic carbocycles. The van der Waals surface area contributed by atoms with Crippen molar-refractivity contribution in [3.8, 4) is 10.8 Å². The molecule has 2 aromatic heterocycles. The zero-order valence-electron chi connectivity index (χ0n) is 13.2. The van der Waals surface area contributed by atoms with Crippen LogP contribution in [0.5, 0.6) is 0 Å². The van der Waals surface area contributed by atoms with Gasteiger partial charge in [-0.2, -0.15) is 0 Å². The van der Waals surface area contributed by atoms with E-state index in [-0.39, 0.29) is 5.82 Å². The summed E-state index contributed by atoms with van der Waals surface area (Å²) in [7, 11) is 0. The number of halogens is 1. The second-order valence-corrected chi connectivity index (χ2v) is 7.01. The second kappa shape index (κ2) is 6.83. The molecule has 0 radical (unpaired) electrons. The molecule has 1 fully saturated rings. The van der Waals surface area contributed by atoms with Gasteiger partial charge in [0.2, 0.25) is 5.89 Å². The normalized spacial score (nSPS) is 16.5. The lowest BCUT2D eigenvalue weighted by Crippen LogP contribution is -2.32. The van der Waals surface area contributed by atoms with E-state index in [1.54, 1.807) is 17.4 Å². The fraction of sp³-hybridized carbons (Fsp3) is 0.333. The van der Waals surface area contributed by atoms with Crippen LogP contribution in [0.3, 0.4) is 0 Å². The van der Waals surface area contributed by atoms with E-state index >= 15 is 0 Å². The first-order valence-electron chi connectivity index (χ1n) is 8.12. The summed E-state index contributed by atoms with van der Waals surface area (Å²) in [6.07, 6.45) is 1.92. The highest BCUT2D eigenvalue weighted by Crippen LogP contribution is 2.31. The van der Waals surface area contributed by atoms with Crippen LogP contribution in [-0.2, 0) is 6.54 Å². The van der Waals surface area contributed by atoms with Crippen LogP contribution in [0.25, 0.3) is 10.8 Å². The van der Waals surface area contributed by atoms with Crippen molar-refractivity contribution in [2.45, 2.75) is 25.3 Å². The van der Waals surface area contributed by atoms with Gasteiger partial charge in [-0.15, -0.1) is 21.5 Å². The first-order chi connectivity index (χ1) is 11.8. The van der Waals surface area contributed by atoms with E-state index in [0.29, 0.717) is 18.4 Å². The minimum atomic E-state index is -0.128. The monoisotopic (exact) mass is 343 g/mol. The van der Waals surface area contributed by atoms with Crippen LogP contribution in [0.4, 0.5) is 4.39 Å². The van der Waals surface area contributed by atoms with E-state index in [0.717, 1.165) is 42.3 Å². The minimum absolute atomic E-state index is 0.128. The Morgan fingerprint density at radius 1 is 1.12 bits per heavy atom. The number of rotatable bonds is 4. The molecule has 6 heteroatoms. The number of hydrogen-bond donors (Lipinski definition) is 0. The number of hydrogen-bond acceptors (Lipinski definition) is 5. The van der Waals surface area contributed by atoms with Gasteiger partial charge in [0.25, 0.3) is 5.89 Å². The van der Waals surface area contributed by atoms with Crippen LogP contribution in [0.1, 0.15) is 30.2 Å². The number of likely N-dealkylation sites (tertiary alicyclic amines) is 1. The molecule has 0 unspecified atom stereocenters. The summed E-state index contributed by atoms with van der Waals surface area (Å²) < 4.78 is 19.6. The molecule has 4 nitrogen and oxygen atoms in total. The summed E-state index contributed by atoms with van der Waals surface area (Å²) in [6.45, 7) is 2.48. The highest BCUT2D eigenvalue weighted by atomic mass is 32.1. The van der Waals surface area contributed by atoms with E-state index in [1.165, 1.54) is 6.07 Å². The van der Waals surface area contributed by atoms with Crippen molar-refractivity contribution in [2.24, 2.45) is 0 Å². The standard InChI is InChI=1S/C18H18FN3OS/c19-15-5-2-1-4-14(15)12-22-9-7-13(8-10-22)17-20-21-18(23-17)16-6-3-11-24-16/h1-6,11,13H,7-10,12H2. The minimum Gasteiger partial charge on any atom is -0.420 e. The summed E-state index contributed by atoms with van der Waals surface area (Å²) >= 11 is 1.60. The fourth-order valence-corrected chi connectivity index (χ4v) is 3.75. The van der Waals surface area contributed by atoms with E-state index in [2.05, 4.69) is 15.1 Å². The lowest BCUT2D eigenvalue weighted by molar-refractivity contribution is 0.191. The van der Waals surface area contributed by atoms with Gasteiger partial charge in [-0.3, -0.25) is 4.90 Å². The highest BCUT2D eigenvalue weighted by Gasteiger charge is 2.25. The van der Waals surface area contributed by atoms with Crippen LogP contribution in [0.15, 0.2) is 46.2 Å². The molecule has 1 aliphatic heterocycles. The quantitative estimate of drug-likeness (QED) is 0.708. The van der Waals surface area contributed by atoms with Crippen molar-refractivity contribution in [3.63, 3.8) is 0 Å². The topological polar surface area (TPSA) is 42.2 Å². The van der Waals surface area contributed by atoms with Crippen LogP contribution >= 0.6 is 11.3 Å². The summed E-state index contributed by atoms with van der Waals surface area (Å²) in [4.78, 5) is 3.29. The average molecular weight is 343 g/mol. The zero-order valence-corrected chi connectivity index (χ0v) is 14.0. The number of thiophene rings is 1. The third-order valence-corrected chi connectivity index (χ3v) is 5.32. The van der Waals surface area contributed by atoms with E-state index < -0.39 is 0 Å². The van der Waals surface area contributed by atoms with Crippen molar-refractivity contribution in [1.82, 2.24) is 15.1 Å². The van der Waals surface area contributed by atoms with Gasteiger partial charge in [-0.05, 0) is 43.4 Å². The Balaban J connectivity index is 1.37. The van der Waals surface area contributed by atoms with Gasteiger partial charge in [-0.1, -0.05) is 24.3 Å². The van der Waals surface area contributed by atoms with Crippen molar-refractivity contribution < 1.29 is 8.81 Å². The molecule has 0 amide bonds. The smallest absolute Gasteiger partial charge is 0.257 e. The average Bonchev–Trinajstić information content (AvgIpc) is 3.29. The molecule has 4 rings (SSSR count). The molecular formula is C18H18FN3OS. The third kappa shape index (κ3) is 3.25. The maximum Gasteiger partial charge on any atom is 0.257 e. The van der Waals surface area contributed by atoms with Gasteiger partial charge in [-0.25, -0.2) is 4.39 Å². The van der Waals surface area contributed by atoms with Crippen LogP contribution < -0.4 is 0 Å². The molecule has 3 aromatic rings. The number of benzene rings is 1. The van der Waals surface area contributed by atoms with Gasteiger partial charge < -0.3 is 4.42 Å². The molecule has 0 saturated carbocycles. The van der Waals surface area contributed by atoms with Gasteiger partial charge in [0, 0.05) is 18.0 Å². The van der Waals surface area contributed by atoms with Crippen molar-refractivity contribution in [2.75, 3.05) is 13.1 Å². The molecule has 1 aliphatic rings. The molecule has 0 spiro atoms. The summed E-state index contributed by atoms with van der Waals surface area (Å²) in [5, 5.41) is 10.4. The number of nitrogens with zero attached hydrogens (tertiary/aromatic N) is 3. The first kappa shape index (κ1) is 15.5. The first-order valence-corrected chi connectivity index (χ1v) is 9.00. The maximum atomic E-state index is 13.8. The molecule has 0 atom stereocenters. The summed E-state index contributed by atoms with van der Waals surface area (Å²) in [5.41, 5.74) is 0.758. The Morgan fingerprint density at radius 3 is 2.71 bits per heavy atom. The van der Waals surface area contributed by atoms with Crippen molar-refractivity contribution in [1.29, 1.82) is 0 Å². The molecule has 24 heavy (non-hydrogen) atoms. The SMILES string of the molecule is Fc1ccccc1CN1CCC(c2nnc(-c3cccs3)o2)CC1. The molecule has 3 heterocycles. The highest BCUT2D eigenvalue weighted by molar-refractivity contribution is 7.13. The van der Waals surface area contributed by atoms with Gasteiger partial charge in [0.1, 0.15) is 5.82 Å². The van der Waals surface area contributed by atoms with Gasteiger partial charge in [0.05, 0.1) is 4.88 Å². The Morgan fingerprint density at radius 2 is 1.96 bits per heavy atom. The van der Waals surface area contributed by atoms with Gasteiger partial charge in [0.15, 0.2) is 0 Å². The lowest BCUT2D eigenvalue weighted by Gasteiger charge is -2.30. The molecule has 124 valence electrons. The zero-order chi connectivity index (χ0) is 16.4. The lowest BCUT2D eigenvalue weighted by atomic mass is 9.96. The van der Waals surface area contributed by atoms with Gasteiger partial charge >= 0.3 is 0 Å². The molecular weight excluding hydrogens is 325 g/mol. The molecule has 0 aliphatic carbocycles. The van der Waals surface area contributed by atoms with Crippen LogP contribution in [-0.4, -0.2) is 28.2 Å². The predicted octanol–water partition coefficient (Wildman–Crippen LogP) is 4.32. The summed E-state index contributed by atoms with van der Waals surface area (Å²) in [5.74, 6) is 1.50. The molecule has 0 bridgehead atoms. The Labute approximate surface area is 143 Å². The van der Waals surface area contributed by atoms with Crippen molar-refractivity contribution >= 4 is 11.3 Å². The number of aromatic nitrogens is 2. The Hall–Kier alpha value is -2.05.